The molecular weight excluding hydrogens is 248 g/mol. The number of likely N-dealkylation sites (tertiary alicyclic amines) is 1. The first kappa shape index (κ1) is 15.8. The first-order valence-corrected chi connectivity index (χ1v) is 6.58. The summed E-state index contributed by atoms with van der Waals surface area (Å²) in [5, 5.41) is 18.6. The third kappa shape index (κ3) is 3.37. The molecule has 2 atom stereocenters. The summed E-state index contributed by atoms with van der Waals surface area (Å²) in [6.45, 7) is 5.76. The van der Waals surface area contributed by atoms with E-state index in [0.717, 1.165) is 6.42 Å². The number of aliphatic hydroxyl groups excluding tert-OH is 1. The number of aliphatic carboxylic acids is 1. The number of urea groups is 1. The maximum Gasteiger partial charge on any atom is 0.326 e. The third-order valence-corrected chi connectivity index (χ3v) is 3.98. The zero-order chi connectivity index (χ0) is 14.8. The van der Waals surface area contributed by atoms with Gasteiger partial charge in [0, 0.05) is 13.6 Å². The van der Waals surface area contributed by atoms with Crippen molar-refractivity contribution in [2.45, 2.75) is 45.2 Å². The predicted octanol–water partition coefficient (Wildman–Crippen LogP) is 0.994. The molecule has 2 N–H and O–H groups in total. The summed E-state index contributed by atoms with van der Waals surface area (Å²) in [5.41, 5.74) is -0.705. The van der Waals surface area contributed by atoms with E-state index in [1.165, 1.54) is 9.80 Å². The number of carbonyl (C=O) groups excluding carboxylic acids is 1. The molecule has 0 aromatic carbocycles. The quantitative estimate of drug-likeness (QED) is 0.803. The van der Waals surface area contributed by atoms with Gasteiger partial charge in [-0.3, -0.25) is 0 Å². The van der Waals surface area contributed by atoms with Gasteiger partial charge in [0.25, 0.3) is 0 Å². The molecular formula is C13H24N2O4. The van der Waals surface area contributed by atoms with Gasteiger partial charge in [-0.1, -0.05) is 6.92 Å². The topological polar surface area (TPSA) is 81.1 Å². The summed E-state index contributed by atoms with van der Waals surface area (Å²) < 4.78 is 0. The minimum Gasteiger partial charge on any atom is -0.480 e. The lowest BCUT2D eigenvalue weighted by Crippen LogP contribution is -2.58. The Kier molecular flexibility index (Phi) is 4.79. The van der Waals surface area contributed by atoms with Crippen LogP contribution < -0.4 is 0 Å². The van der Waals surface area contributed by atoms with Crippen molar-refractivity contribution in [1.29, 1.82) is 0 Å². The van der Waals surface area contributed by atoms with E-state index in [4.69, 9.17) is 0 Å². The second kappa shape index (κ2) is 5.77. The average Bonchev–Trinajstić information content (AvgIpc) is 2.36. The van der Waals surface area contributed by atoms with Crippen LogP contribution in [0.2, 0.25) is 0 Å². The smallest absolute Gasteiger partial charge is 0.326 e. The van der Waals surface area contributed by atoms with E-state index >= 15 is 0 Å². The van der Waals surface area contributed by atoms with Crippen molar-refractivity contribution in [1.82, 2.24) is 9.80 Å². The molecule has 110 valence electrons. The fraction of sp³-hybridized carbons (Fsp3) is 0.846. The minimum atomic E-state index is -0.963. The van der Waals surface area contributed by atoms with Crippen LogP contribution in [0.15, 0.2) is 0 Å². The molecule has 6 heteroatoms. The Morgan fingerprint density at radius 3 is 2.47 bits per heavy atom. The van der Waals surface area contributed by atoms with E-state index in [0.29, 0.717) is 18.9 Å². The van der Waals surface area contributed by atoms with Gasteiger partial charge >= 0.3 is 12.0 Å². The molecule has 0 bridgehead atoms. The molecule has 1 aliphatic rings. The number of nitrogens with zero attached hydrogens (tertiary/aromatic N) is 2. The Bertz CT molecular complexity index is 357. The highest BCUT2D eigenvalue weighted by molar-refractivity contribution is 5.83. The molecule has 1 heterocycles. The van der Waals surface area contributed by atoms with Crippen LogP contribution in [0.5, 0.6) is 0 Å². The van der Waals surface area contributed by atoms with Gasteiger partial charge in [0.1, 0.15) is 6.04 Å². The predicted molar refractivity (Wildman–Crippen MR) is 70.9 cm³/mol. The average molecular weight is 272 g/mol. The second-order valence-electron chi connectivity index (χ2n) is 5.99. The number of likely N-dealkylation sites (N-methyl/N-ethyl adjacent to an activating group) is 1. The number of rotatable bonds is 3. The number of aliphatic hydroxyl groups is 1. The summed E-state index contributed by atoms with van der Waals surface area (Å²) in [5.74, 6) is -0.656. The fourth-order valence-corrected chi connectivity index (χ4v) is 2.16. The van der Waals surface area contributed by atoms with E-state index in [1.807, 2.05) is 6.92 Å². The molecule has 0 aromatic heterocycles. The molecule has 19 heavy (non-hydrogen) atoms. The molecule has 1 aliphatic heterocycles. The molecule has 0 aromatic rings. The molecule has 1 saturated heterocycles. The number of amides is 2. The summed E-state index contributed by atoms with van der Waals surface area (Å²) >= 11 is 0. The summed E-state index contributed by atoms with van der Waals surface area (Å²) in [6.07, 6.45) is 1.29. The van der Waals surface area contributed by atoms with Crippen molar-refractivity contribution in [3.05, 3.63) is 0 Å². The Morgan fingerprint density at radius 1 is 1.42 bits per heavy atom. The van der Waals surface area contributed by atoms with Crippen molar-refractivity contribution in [3.8, 4) is 0 Å². The van der Waals surface area contributed by atoms with E-state index in [9.17, 15) is 19.8 Å². The summed E-state index contributed by atoms with van der Waals surface area (Å²) in [7, 11) is 1.59. The van der Waals surface area contributed by atoms with Gasteiger partial charge < -0.3 is 20.0 Å². The zero-order valence-electron chi connectivity index (χ0n) is 12.1. The molecule has 0 spiro atoms. The fourth-order valence-electron chi connectivity index (χ4n) is 2.16. The van der Waals surface area contributed by atoms with Crippen molar-refractivity contribution in [2.24, 2.45) is 5.92 Å². The van der Waals surface area contributed by atoms with Gasteiger partial charge in [-0.25, -0.2) is 9.59 Å². The SMILES string of the molecule is CC1CCN(C(=O)N(C)C(C)(C)CO)C(C(=O)O)C1. The molecule has 2 amide bonds. The zero-order valence-corrected chi connectivity index (χ0v) is 12.1. The van der Waals surface area contributed by atoms with Crippen LogP contribution in [0.1, 0.15) is 33.6 Å². The molecule has 0 aliphatic carbocycles. The lowest BCUT2D eigenvalue weighted by molar-refractivity contribution is -0.144. The van der Waals surface area contributed by atoms with Gasteiger partial charge in [0.05, 0.1) is 12.1 Å². The molecule has 0 saturated carbocycles. The maximum atomic E-state index is 12.4. The number of carboxylic acids is 1. The minimum absolute atomic E-state index is 0.169. The maximum absolute atomic E-state index is 12.4. The molecule has 6 nitrogen and oxygen atoms in total. The summed E-state index contributed by atoms with van der Waals surface area (Å²) in [6, 6.07) is -1.11. The highest BCUT2D eigenvalue weighted by atomic mass is 16.4. The van der Waals surface area contributed by atoms with Crippen LogP contribution in [-0.4, -0.2) is 63.8 Å². The van der Waals surface area contributed by atoms with Crippen LogP contribution in [0.25, 0.3) is 0 Å². The monoisotopic (exact) mass is 272 g/mol. The van der Waals surface area contributed by atoms with E-state index in [2.05, 4.69) is 0 Å². The Hall–Kier alpha value is -1.30. The number of hydrogen-bond acceptors (Lipinski definition) is 3. The largest absolute Gasteiger partial charge is 0.480 e. The number of piperidine rings is 1. The van der Waals surface area contributed by atoms with Gasteiger partial charge in [-0.2, -0.15) is 0 Å². The van der Waals surface area contributed by atoms with Crippen molar-refractivity contribution >= 4 is 12.0 Å². The van der Waals surface area contributed by atoms with E-state index < -0.39 is 17.6 Å². The van der Waals surface area contributed by atoms with Gasteiger partial charge in [-0.05, 0) is 32.6 Å². The van der Waals surface area contributed by atoms with Gasteiger partial charge in [0.2, 0.25) is 0 Å². The highest BCUT2D eigenvalue weighted by Gasteiger charge is 2.38. The number of carbonyl (C=O) groups is 2. The highest BCUT2D eigenvalue weighted by Crippen LogP contribution is 2.25. The first-order chi connectivity index (χ1) is 8.70. The normalized spacial score (nSPS) is 24.2. The Balaban J connectivity index is 2.87. The molecule has 2 unspecified atom stereocenters. The summed E-state index contributed by atoms with van der Waals surface area (Å²) in [4.78, 5) is 26.5. The lowest BCUT2D eigenvalue weighted by Gasteiger charge is -2.42. The molecule has 1 rings (SSSR count). The molecule has 0 radical (unpaired) electrons. The van der Waals surface area contributed by atoms with Crippen molar-refractivity contribution in [2.75, 3.05) is 20.2 Å². The number of carboxylic acid groups (broad SMARTS) is 1. The molecule has 1 fully saturated rings. The van der Waals surface area contributed by atoms with Crippen LogP contribution in [0, 0.1) is 5.92 Å². The standard InChI is InChI=1S/C13H24N2O4/c1-9-5-6-15(10(7-9)11(17)18)12(19)14(4)13(2,3)8-16/h9-10,16H,5-8H2,1-4H3,(H,17,18). The van der Waals surface area contributed by atoms with Gasteiger partial charge in [-0.15, -0.1) is 0 Å². The van der Waals surface area contributed by atoms with Crippen molar-refractivity contribution in [3.63, 3.8) is 0 Å². The lowest BCUT2D eigenvalue weighted by atomic mass is 9.92. The van der Waals surface area contributed by atoms with Crippen LogP contribution in [0.3, 0.4) is 0 Å². The van der Waals surface area contributed by atoms with Crippen LogP contribution in [-0.2, 0) is 4.79 Å². The Labute approximate surface area is 114 Å². The van der Waals surface area contributed by atoms with E-state index in [1.54, 1.807) is 20.9 Å². The van der Waals surface area contributed by atoms with Gasteiger partial charge in [0.15, 0.2) is 0 Å². The van der Waals surface area contributed by atoms with Crippen molar-refractivity contribution < 1.29 is 19.8 Å². The van der Waals surface area contributed by atoms with Crippen LogP contribution in [0.4, 0.5) is 4.79 Å². The third-order valence-electron chi connectivity index (χ3n) is 3.98. The van der Waals surface area contributed by atoms with Crippen LogP contribution >= 0.6 is 0 Å². The van der Waals surface area contributed by atoms with E-state index in [-0.39, 0.29) is 12.6 Å². The first-order valence-electron chi connectivity index (χ1n) is 6.58. The Morgan fingerprint density at radius 2 is 2.00 bits per heavy atom. The second-order valence-corrected chi connectivity index (χ2v) is 5.99. The number of hydrogen-bond donors (Lipinski definition) is 2.